The van der Waals surface area contributed by atoms with Crippen LogP contribution in [0, 0.1) is 5.41 Å². The molecule has 1 aliphatic heterocycles. The number of carboxylic acid groups (broad SMARTS) is 1. The summed E-state index contributed by atoms with van der Waals surface area (Å²) in [5.41, 5.74) is 2.12. The van der Waals surface area contributed by atoms with Crippen LogP contribution < -0.4 is 5.32 Å². The molecular formula is C17H28N4O2. The number of piperazine rings is 1. The van der Waals surface area contributed by atoms with Gasteiger partial charge in [0.05, 0.1) is 17.6 Å². The van der Waals surface area contributed by atoms with Crippen molar-refractivity contribution >= 4 is 11.8 Å². The van der Waals surface area contributed by atoms with Gasteiger partial charge in [-0.25, -0.2) is 4.79 Å². The van der Waals surface area contributed by atoms with Gasteiger partial charge in [0, 0.05) is 39.3 Å². The first-order valence-electron chi connectivity index (χ1n) is 8.13. The second-order valence-electron chi connectivity index (χ2n) is 7.42. The fourth-order valence-electron chi connectivity index (χ4n) is 3.09. The number of anilines is 1. The average Bonchev–Trinajstić information content (AvgIpc) is 2.46. The molecule has 1 aliphatic rings. The van der Waals surface area contributed by atoms with Crippen LogP contribution in [0.15, 0.2) is 18.3 Å². The molecule has 1 aromatic rings. The number of nitrogens with zero attached hydrogens (tertiary/aromatic N) is 3. The fourth-order valence-corrected chi connectivity index (χ4v) is 3.09. The van der Waals surface area contributed by atoms with Crippen molar-refractivity contribution in [2.75, 3.05) is 32.0 Å². The highest BCUT2D eigenvalue weighted by Gasteiger charge is 2.33. The summed E-state index contributed by atoms with van der Waals surface area (Å²) in [6.45, 7) is 9.31. The van der Waals surface area contributed by atoms with Gasteiger partial charge >= 0.3 is 6.09 Å². The van der Waals surface area contributed by atoms with Crippen LogP contribution in [0.5, 0.6) is 0 Å². The number of aromatic nitrogens is 1. The van der Waals surface area contributed by atoms with Crippen LogP contribution >= 0.6 is 0 Å². The molecule has 0 bridgehead atoms. The second-order valence-corrected chi connectivity index (χ2v) is 7.42. The first kappa shape index (κ1) is 17.5. The number of nitrogens with one attached hydrogen (secondary N) is 1. The number of pyridine rings is 1. The molecule has 6 nitrogen and oxygen atoms in total. The van der Waals surface area contributed by atoms with Gasteiger partial charge in [-0.2, -0.15) is 0 Å². The molecule has 128 valence electrons. The Morgan fingerprint density at radius 3 is 2.65 bits per heavy atom. The highest BCUT2D eigenvalue weighted by molar-refractivity contribution is 5.65. The van der Waals surface area contributed by atoms with E-state index < -0.39 is 6.09 Å². The lowest BCUT2D eigenvalue weighted by Gasteiger charge is -2.42. The molecule has 2 heterocycles. The number of hydrogen-bond acceptors (Lipinski definition) is 4. The first-order chi connectivity index (χ1) is 10.8. The van der Waals surface area contributed by atoms with Gasteiger partial charge in [-0.3, -0.25) is 9.88 Å². The van der Waals surface area contributed by atoms with E-state index >= 15 is 0 Å². The van der Waals surface area contributed by atoms with E-state index in [0.29, 0.717) is 6.54 Å². The molecule has 0 spiro atoms. The van der Waals surface area contributed by atoms with Gasteiger partial charge in [-0.15, -0.1) is 0 Å². The van der Waals surface area contributed by atoms with Gasteiger partial charge in [0.2, 0.25) is 0 Å². The Labute approximate surface area is 138 Å². The number of carbonyl (C=O) groups is 1. The maximum absolute atomic E-state index is 11.5. The standard InChI is InChI=1S/C17H28N4O2/c1-17(2,3)9-15-12-20(7-8-21(15)16(22)23)11-14-6-5-13(18-4)10-19-14/h5-6,10,15,18H,7-9,11-12H2,1-4H3,(H,22,23)/t15-/m0/s1. The van der Waals surface area contributed by atoms with Crippen molar-refractivity contribution < 1.29 is 9.90 Å². The lowest BCUT2D eigenvalue weighted by molar-refractivity contribution is 0.0475. The third-order valence-electron chi connectivity index (χ3n) is 4.16. The summed E-state index contributed by atoms with van der Waals surface area (Å²) >= 11 is 0. The number of hydrogen-bond donors (Lipinski definition) is 2. The quantitative estimate of drug-likeness (QED) is 0.893. The van der Waals surface area contributed by atoms with Crippen LogP contribution in [0.1, 0.15) is 32.9 Å². The lowest BCUT2D eigenvalue weighted by atomic mass is 9.86. The molecule has 0 radical (unpaired) electrons. The van der Waals surface area contributed by atoms with Crippen LogP contribution in [0.4, 0.5) is 10.5 Å². The number of rotatable bonds is 4. The van der Waals surface area contributed by atoms with E-state index in [1.807, 2.05) is 25.4 Å². The largest absolute Gasteiger partial charge is 0.465 e. The maximum atomic E-state index is 11.5. The molecule has 0 aliphatic carbocycles. The van der Waals surface area contributed by atoms with Crippen molar-refractivity contribution in [2.24, 2.45) is 5.41 Å². The smallest absolute Gasteiger partial charge is 0.407 e. The monoisotopic (exact) mass is 320 g/mol. The maximum Gasteiger partial charge on any atom is 0.407 e. The summed E-state index contributed by atoms with van der Waals surface area (Å²) in [6.07, 6.45) is 1.88. The summed E-state index contributed by atoms with van der Waals surface area (Å²) in [4.78, 5) is 19.8. The van der Waals surface area contributed by atoms with E-state index in [1.54, 1.807) is 4.90 Å². The average molecular weight is 320 g/mol. The zero-order chi connectivity index (χ0) is 17.0. The van der Waals surface area contributed by atoms with Crippen molar-refractivity contribution in [2.45, 2.75) is 39.8 Å². The first-order valence-corrected chi connectivity index (χ1v) is 8.13. The second kappa shape index (κ2) is 7.17. The molecule has 23 heavy (non-hydrogen) atoms. The molecule has 0 unspecified atom stereocenters. The molecule has 2 rings (SSSR count). The summed E-state index contributed by atoms with van der Waals surface area (Å²) in [6, 6.07) is 4.08. The molecule has 1 fully saturated rings. The van der Waals surface area contributed by atoms with Crippen molar-refractivity contribution in [3.05, 3.63) is 24.0 Å². The zero-order valence-electron chi connectivity index (χ0n) is 14.5. The summed E-state index contributed by atoms with van der Waals surface area (Å²) in [5.74, 6) is 0. The van der Waals surface area contributed by atoms with Crippen molar-refractivity contribution in [1.82, 2.24) is 14.8 Å². The summed E-state index contributed by atoms with van der Waals surface area (Å²) < 4.78 is 0. The van der Waals surface area contributed by atoms with Gasteiger partial charge in [0.15, 0.2) is 0 Å². The minimum Gasteiger partial charge on any atom is -0.465 e. The van der Waals surface area contributed by atoms with Crippen LogP contribution in [-0.4, -0.2) is 58.7 Å². The Morgan fingerprint density at radius 1 is 1.39 bits per heavy atom. The van der Waals surface area contributed by atoms with Gasteiger partial charge in [0.25, 0.3) is 0 Å². The van der Waals surface area contributed by atoms with Gasteiger partial charge < -0.3 is 15.3 Å². The Bertz CT molecular complexity index is 524. The Morgan fingerprint density at radius 2 is 2.13 bits per heavy atom. The summed E-state index contributed by atoms with van der Waals surface area (Å²) in [7, 11) is 1.87. The van der Waals surface area contributed by atoms with Crippen LogP contribution in [0.3, 0.4) is 0 Å². The Balaban J connectivity index is 2.02. The minimum atomic E-state index is -0.810. The molecule has 0 aromatic carbocycles. The fraction of sp³-hybridized carbons (Fsp3) is 0.647. The Kier molecular flexibility index (Phi) is 5.46. The Hall–Kier alpha value is -1.82. The zero-order valence-corrected chi connectivity index (χ0v) is 14.5. The van der Waals surface area contributed by atoms with Crippen molar-refractivity contribution in [1.29, 1.82) is 0 Å². The van der Waals surface area contributed by atoms with Crippen LogP contribution in [0.2, 0.25) is 0 Å². The highest BCUT2D eigenvalue weighted by atomic mass is 16.4. The van der Waals surface area contributed by atoms with E-state index in [-0.39, 0.29) is 11.5 Å². The molecule has 1 amide bonds. The molecule has 2 N–H and O–H groups in total. The van der Waals surface area contributed by atoms with E-state index in [1.165, 1.54) is 0 Å². The van der Waals surface area contributed by atoms with Crippen LogP contribution in [0.25, 0.3) is 0 Å². The minimum absolute atomic E-state index is 0.0397. The van der Waals surface area contributed by atoms with Crippen LogP contribution in [-0.2, 0) is 6.54 Å². The molecule has 0 saturated carbocycles. The van der Waals surface area contributed by atoms with Gasteiger partial charge in [0.1, 0.15) is 0 Å². The van der Waals surface area contributed by atoms with Gasteiger partial charge in [-0.1, -0.05) is 20.8 Å². The lowest BCUT2D eigenvalue weighted by Crippen LogP contribution is -2.55. The summed E-state index contributed by atoms with van der Waals surface area (Å²) in [5, 5.41) is 12.5. The van der Waals surface area contributed by atoms with Crippen molar-refractivity contribution in [3.8, 4) is 0 Å². The topological polar surface area (TPSA) is 68.7 Å². The van der Waals surface area contributed by atoms with E-state index in [9.17, 15) is 9.90 Å². The normalized spacial score (nSPS) is 19.7. The van der Waals surface area contributed by atoms with Crippen molar-refractivity contribution in [3.63, 3.8) is 0 Å². The SMILES string of the molecule is CNc1ccc(CN2CCN(C(=O)O)[C@@H](CC(C)(C)C)C2)nc1. The molecule has 1 aromatic heterocycles. The van der Waals surface area contributed by atoms with E-state index in [2.05, 4.69) is 36.0 Å². The predicted molar refractivity (Wildman–Crippen MR) is 91.7 cm³/mol. The molecular weight excluding hydrogens is 292 g/mol. The van der Waals surface area contributed by atoms with E-state index in [4.69, 9.17) is 0 Å². The third kappa shape index (κ3) is 5.10. The highest BCUT2D eigenvalue weighted by Crippen LogP contribution is 2.26. The third-order valence-corrected chi connectivity index (χ3v) is 4.16. The predicted octanol–water partition coefficient (Wildman–Crippen LogP) is 2.72. The van der Waals surface area contributed by atoms with E-state index in [0.717, 1.165) is 37.4 Å². The molecule has 6 heteroatoms. The number of amides is 1. The molecule has 1 atom stereocenters. The molecule has 1 saturated heterocycles. The van der Waals surface area contributed by atoms with Gasteiger partial charge in [-0.05, 0) is 24.0 Å².